The number of piperazine rings is 1. The number of pyridine rings is 1. The number of guanidine groups is 1. The largest absolute Gasteiger partial charge is 0.493 e. The molecule has 1 aromatic carbocycles. The summed E-state index contributed by atoms with van der Waals surface area (Å²) in [6, 6.07) is 10.8. The summed E-state index contributed by atoms with van der Waals surface area (Å²) in [6.07, 6.45) is 3.88. The van der Waals surface area contributed by atoms with E-state index in [0.29, 0.717) is 6.54 Å². The fourth-order valence-corrected chi connectivity index (χ4v) is 4.26. The molecule has 7 nitrogen and oxygen atoms in total. The van der Waals surface area contributed by atoms with Gasteiger partial charge in [-0.25, -0.2) is 9.98 Å². The highest BCUT2D eigenvalue weighted by Crippen LogP contribution is 2.25. The number of nitrogens with one attached hydrogen (secondary N) is 2. The van der Waals surface area contributed by atoms with Crippen LogP contribution < -0.4 is 20.3 Å². The van der Waals surface area contributed by atoms with Crippen LogP contribution in [0.2, 0.25) is 0 Å². The van der Waals surface area contributed by atoms with Crippen LogP contribution in [-0.4, -0.2) is 68.3 Å². The fourth-order valence-electron chi connectivity index (χ4n) is 4.26. The van der Waals surface area contributed by atoms with E-state index in [2.05, 4.69) is 69.6 Å². The zero-order chi connectivity index (χ0) is 22.2. The van der Waals surface area contributed by atoms with Crippen molar-refractivity contribution in [1.29, 1.82) is 0 Å². The van der Waals surface area contributed by atoms with Crippen LogP contribution in [0, 0.1) is 0 Å². The molecular weight excluding hydrogens is 400 g/mol. The van der Waals surface area contributed by atoms with E-state index in [1.807, 2.05) is 6.20 Å². The van der Waals surface area contributed by atoms with E-state index in [9.17, 15) is 0 Å². The third-order valence-corrected chi connectivity index (χ3v) is 6.18. The molecule has 2 N–H and O–H groups in total. The lowest BCUT2D eigenvalue weighted by atomic mass is 10.1. The van der Waals surface area contributed by atoms with E-state index >= 15 is 0 Å². The van der Waals surface area contributed by atoms with Crippen molar-refractivity contribution in [3.63, 3.8) is 0 Å². The number of likely N-dealkylation sites (N-methyl/N-ethyl adjacent to an activating group) is 1. The standard InChI is InChI=1S/C25H36N6O/c1-3-26-25(28-11-7-20-5-6-23-22(17-20)9-16-32-23)29-19-21-8-10-27-24(18-21)31-14-12-30(4-2)13-15-31/h5-6,8,10,17-18H,3-4,7,9,11-16,19H2,1-2H3,(H2,26,28,29). The minimum Gasteiger partial charge on any atom is -0.493 e. The second-order valence-electron chi connectivity index (χ2n) is 8.36. The highest BCUT2D eigenvalue weighted by molar-refractivity contribution is 5.79. The number of fused-ring (bicyclic) bond motifs is 1. The van der Waals surface area contributed by atoms with Gasteiger partial charge in [0.2, 0.25) is 0 Å². The Bertz CT molecular complexity index is 907. The van der Waals surface area contributed by atoms with E-state index in [0.717, 1.165) is 82.8 Å². The van der Waals surface area contributed by atoms with Crippen molar-refractivity contribution < 1.29 is 4.74 Å². The number of aromatic nitrogens is 1. The second kappa shape index (κ2) is 11.2. The molecule has 3 heterocycles. The Morgan fingerprint density at radius 1 is 1.06 bits per heavy atom. The minimum atomic E-state index is 0.635. The molecule has 1 fully saturated rings. The van der Waals surface area contributed by atoms with Gasteiger partial charge in [-0.3, -0.25) is 0 Å². The quantitative estimate of drug-likeness (QED) is 0.490. The summed E-state index contributed by atoms with van der Waals surface area (Å²) in [5, 5.41) is 6.83. The van der Waals surface area contributed by atoms with Gasteiger partial charge in [0.25, 0.3) is 0 Å². The summed E-state index contributed by atoms with van der Waals surface area (Å²) in [6.45, 7) is 12.8. The number of aliphatic imine (C=N–C) groups is 1. The SMILES string of the molecule is CCNC(=NCc1ccnc(N2CCN(CC)CC2)c1)NCCc1ccc2c(c1)CCO2. The zero-order valence-corrected chi connectivity index (χ0v) is 19.4. The van der Waals surface area contributed by atoms with Gasteiger partial charge < -0.3 is 25.2 Å². The summed E-state index contributed by atoms with van der Waals surface area (Å²) in [5.74, 6) is 2.96. The molecule has 0 amide bonds. The van der Waals surface area contributed by atoms with Crippen LogP contribution in [-0.2, 0) is 19.4 Å². The van der Waals surface area contributed by atoms with Crippen molar-refractivity contribution in [2.45, 2.75) is 33.2 Å². The van der Waals surface area contributed by atoms with Crippen molar-refractivity contribution in [1.82, 2.24) is 20.5 Å². The lowest BCUT2D eigenvalue weighted by molar-refractivity contribution is 0.270. The number of anilines is 1. The maximum Gasteiger partial charge on any atom is 0.191 e. The van der Waals surface area contributed by atoms with E-state index < -0.39 is 0 Å². The molecule has 0 aliphatic carbocycles. The van der Waals surface area contributed by atoms with Crippen LogP contribution in [0.4, 0.5) is 5.82 Å². The molecule has 2 aliphatic heterocycles. The lowest BCUT2D eigenvalue weighted by Crippen LogP contribution is -2.46. The number of hydrogen-bond donors (Lipinski definition) is 2. The van der Waals surface area contributed by atoms with Crippen LogP contribution in [0.1, 0.15) is 30.5 Å². The average Bonchev–Trinajstić information content (AvgIpc) is 3.31. The van der Waals surface area contributed by atoms with Crippen molar-refractivity contribution in [2.75, 3.05) is 57.3 Å². The first kappa shape index (κ1) is 22.4. The molecule has 2 aliphatic rings. The van der Waals surface area contributed by atoms with Gasteiger partial charge in [-0.05, 0) is 54.8 Å². The smallest absolute Gasteiger partial charge is 0.191 e. The third kappa shape index (κ3) is 5.91. The molecule has 172 valence electrons. The monoisotopic (exact) mass is 436 g/mol. The molecule has 0 atom stereocenters. The lowest BCUT2D eigenvalue weighted by Gasteiger charge is -2.34. The Kier molecular flexibility index (Phi) is 7.82. The van der Waals surface area contributed by atoms with Gasteiger partial charge in [0.15, 0.2) is 5.96 Å². The van der Waals surface area contributed by atoms with Gasteiger partial charge in [-0.2, -0.15) is 0 Å². The van der Waals surface area contributed by atoms with Crippen LogP contribution in [0.25, 0.3) is 0 Å². The predicted octanol–water partition coefficient (Wildman–Crippen LogP) is 2.46. The first-order valence-electron chi connectivity index (χ1n) is 11.9. The van der Waals surface area contributed by atoms with Gasteiger partial charge in [0, 0.05) is 51.9 Å². The molecule has 0 radical (unpaired) electrons. The Labute approximate surface area is 191 Å². The number of ether oxygens (including phenoxy) is 1. The molecule has 7 heteroatoms. The van der Waals surface area contributed by atoms with Crippen LogP contribution >= 0.6 is 0 Å². The highest BCUT2D eigenvalue weighted by Gasteiger charge is 2.17. The van der Waals surface area contributed by atoms with Crippen molar-refractivity contribution >= 4 is 11.8 Å². The van der Waals surface area contributed by atoms with Gasteiger partial charge in [-0.1, -0.05) is 19.1 Å². The molecule has 1 aromatic heterocycles. The maximum atomic E-state index is 5.60. The summed E-state index contributed by atoms with van der Waals surface area (Å²) in [5.41, 5.74) is 3.84. The van der Waals surface area contributed by atoms with Crippen molar-refractivity contribution in [2.24, 2.45) is 4.99 Å². The van der Waals surface area contributed by atoms with Gasteiger partial charge in [-0.15, -0.1) is 0 Å². The maximum absolute atomic E-state index is 5.60. The summed E-state index contributed by atoms with van der Waals surface area (Å²) in [4.78, 5) is 14.3. The summed E-state index contributed by atoms with van der Waals surface area (Å²) < 4.78 is 5.60. The van der Waals surface area contributed by atoms with E-state index in [-0.39, 0.29) is 0 Å². The van der Waals surface area contributed by atoms with Crippen LogP contribution in [0.15, 0.2) is 41.5 Å². The number of hydrogen-bond acceptors (Lipinski definition) is 5. The van der Waals surface area contributed by atoms with Gasteiger partial charge in [0.05, 0.1) is 13.2 Å². The number of nitrogens with zero attached hydrogens (tertiary/aromatic N) is 4. The minimum absolute atomic E-state index is 0.635. The molecule has 32 heavy (non-hydrogen) atoms. The zero-order valence-electron chi connectivity index (χ0n) is 19.4. The first-order valence-corrected chi connectivity index (χ1v) is 11.9. The number of benzene rings is 1. The molecule has 1 saturated heterocycles. The van der Waals surface area contributed by atoms with Crippen molar-refractivity contribution in [3.05, 3.63) is 53.2 Å². The van der Waals surface area contributed by atoms with E-state index in [1.54, 1.807) is 0 Å². The van der Waals surface area contributed by atoms with E-state index in [4.69, 9.17) is 9.73 Å². The molecule has 0 unspecified atom stereocenters. The Hall–Kier alpha value is -2.80. The summed E-state index contributed by atoms with van der Waals surface area (Å²) in [7, 11) is 0. The predicted molar refractivity (Wildman–Crippen MR) is 131 cm³/mol. The van der Waals surface area contributed by atoms with E-state index in [1.165, 1.54) is 16.7 Å². The molecule has 0 spiro atoms. The van der Waals surface area contributed by atoms with Crippen molar-refractivity contribution in [3.8, 4) is 5.75 Å². The Morgan fingerprint density at radius 3 is 2.75 bits per heavy atom. The molecular formula is C25H36N6O. The Balaban J connectivity index is 1.31. The van der Waals surface area contributed by atoms with Crippen LogP contribution in [0.5, 0.6) is 5.75 Å². The van der Waals surface area contributed by atoms with Gasteiger partial charge >= 0.3 is 0 Å². The van der Waals surface area contributed by atoms with Gasteiger partial charge in [0.1, 0.15) is 11.6 Å². The highest BCUT2D eigenvalue weighted by atomic mass is 16.5. The Morgan fingerprint density at radius 2 is 1.94 bits per heavy atom. The summed E-state index contributed by atoms with van der Waals surface area (Å²) >= 11 is 0. The fraction of sp³-hybridized carbons (Fsp3) is 0.520. The molecule has 0 bridgehead atoms. The number of rotatable bonds is 8. The third-order valence-electron chi connectivity index (χ3n) is 6.18. The average molecular weight is 437 g/mol. The second-order valence-corrected chi connectivity index (χ2v) is 8.36. The molecule has 2 aromatic rings. The molecule has 4 rings (SSSR count). The topological polar surface area (TPSA) is 65.0 Å². The van der Waals surface area contributed by atoms with Crippen LogP contribution in [0.3, 0.4) is 0 Å². The normalized spacial score (nSPS) is 16.6. The molecule has 0 saturated carbocycles. The first-order chi connectivity index (χ1) is 15.7.